The summed E-state index contributed by atoms with van der Waals surface area (Å²) in [6, 6.07) is 25.2. The molecule has 37 heavy (non-hydrogen) atoms. The van der Waals surface area contributed by atoms with Crippen LogP contribution in [0.3, 0.4) is 0 Å². The molecule has 3 aromatic carbocycles. The van der Waals surface area contributed by atoms with Gasteiger partial charge in [0, 0.05) is 35.3 Å². The van der Waals surface area contributed by atoms with Crippen molar-refractivity contribution in [2.24, 2.45) is 0 Å². The number of piperidine rings is 1. The summed E-state index contributed by atoms with van der Waals surface area (Å²) in [7, 11) is 0. The summed E-state index contributed by atoms with van der Waals surface area (Å²) >= 11 is 6.02. The van der Waals surface area contributed by atoms with E-state index in [4.69, 9.17) is 11.6 Å². The van der Waals surface area contributed by atoms with Gasteiger partial charge in [0.1, 0.15) is 6.10 Å². The third-order valence-electron chi connectivity index (χ3n) is 7.52. The van der Waals surface area contributed by atoms with Crippen LogP contribution in [0.4, 0.5) is 0 Å². The van der Waals surface area contributed by atoms with Crippen LogP contribution >= 0.6 is 11.6 Å². The minimum absolute atomic E-state index is 0.0787. The molecule has 0 saturated carbocycles. The lowest BCUT2D eigenvalue weighted by Gasteiger charge is -2.39. The number of fused-ring (bicyclic) bond motifs is 2. The zero-order valence-corrected chi connectivity index (χ0v) is 21.4. The first kappa shape index (κ1) is 25.5. The van der Waals surface area contributed by atoms with Crippen molar-refractivity contribution in [1.82, 2.24) is 15.5 Å². The Morgan fingerprint density at radius 1 is 0.919 bits per heavy atom. The van der Waals surface area contributed by atoms with Crippen molar-refractivity contribution in [3.63, 3.8) is 0 Å². The third-order valence-corrected chi connectivity index (χ3v) is 7.77. The topological polar surface area (TPSA) is 81.7 Å². The predicted molar refractivity (Wildman–Crippen MR) is 144 cm³/mol. The fourth-order valence-corrected chi connectivity index (χ4v) is 5.80. The molecule has 2 amide bonds. The number of rotatable bonds is 8. The molecule has 6 nitrogen and oxygen atoms in total. The molecule has 2 fully saturated rings. The van der Waals surface area contributed by atoms with Crippen LogP contribution in [0.2, 0.25) is 5.02 Å². The van der Waals surface area contributed by atoms with Crippen molar-refractivity contribution in [3.8, 4) is 0 Å². The Morgan fingerprint density at radius 2 is 1.59 bits per heavy atom. The van der Waals surface area contributed by atoms with Gasteiger partial charge in [-0.1, -0.05) is 66.2 Å². The van der Waals surface area contributed by atoms with E-state index in [1.807, 2.05) is 42.5 Å². The van der Waals surface area contributed by atoms with Gasteiger partial charge >= 0.3 is 0 Å². The van der Waals surface area contributed by atoms with Crippen molar-refractivity contribution < 1.29 is 14.7 Å². The monoisotopic (exact) mass is 517 g/mol. The zero-order valence-electron chi connectivity index (χ0n) is 20.6. The summed E-state index contributed by atoms with van der Waals surface area (Å²) in [6.07, 6.45) is 3.31. The van der Waals surface area contributed by atoms with Gasteiger partial charge in [0.25, 0.3) is 5.91 Å². The molecule has 7 heteroatoms. The summed E-state index contributed by atoms with van der Waals surface area (Å²) in [5, 5.41) is 17.3. The molecule has 0 aromatic heterocycles. The van der Waals surface area contributed by atoms with Crippen LogP contribution in [0.1, 0.15) is 58.8 Å². The maximum Gasteiger partial charge on any atom is 0.251 e. The number of amides is 2. The van der Waals surface area contributed by atoms with Gasteiger partial charge in [-0.25, -0.2) is 0 Å². The molecule has 3 aromatic rings. The molecule has 2 saturated heterocycles. The molecule has 0 aliphatic carbocycles. The fraction of sp³-hybridized carbons (Fsp3) is 0.333. The molecule has 2 heterocycles. The molecule has 5 rings (SSSR count). The highest BCUT2D eigenvalue weighted by Gasteiger charge is 2.40. The van der Waals surface area contributed by atoms with Crippen LogP contribution in [-0.2, 0) is 11.3 Å². The van der Waals surface area contributed by atoms with Crippen LogP contribution in [0.5, 0.6) is 0 Å². The molecule has 192 valence electrons. The van der Waals surface area contributed by atoms with E-state index >= 15 is 0 Å². The Labute approximate surface area is 222 Å². The Balaban J connectivity index is 1.11. The van der Waals surface area contributed by atoms with Crippen molar-refractivity contribution in [2.45, 2.75) is 56.5 Å². The number of aliphatic hydroxyl groups excluding tert-OH is 1. The quantitative estimate of drug-likeness (QED) is 0.412. The lowest BCUT2D eigenvalue weighted by atomic mass is 9.96. The average molecular weight is 518 g/mol. The maximum absolute atomic E-state index is 12.7. The number of carbonyl (C=O) groups is 2. The maximum atomic E-state index is 12.7. The van der Waals surface area contributed by atoms with Crippen molar-refractivity contribution in [3.05, 3.63) is 106 Å². The fourth-order valence-electron chi connectivity index (χ4n) is 5.67. The second-order valence-electron chi connectivity index (χ2n) is 10.0. The Bertz CT molecular complexity index is 1220. The SMILES string of the molecule is O=C(CNC(=O)c1cccc(C(O)c2ccccc2)c1)NC1C[C@H]2CC[C@H](C1)N2Cc1ccc(Cl)cc1. The van der Waals surface area contributed by atoms with Gasteiger partial charge in [0.2, 0.25) is 5.91 Å². The van der Waals surface area contributed by atoms with Gasteiger partial charge in [-0.3, -0.25) is 14.5 Å². The summed E-state index contributed by atoms with van der Waals surface area (Å²) in [4.78, 5) is 27.9. The minimum Gasteiger partial charge on any atom is -0.384 e. The van der Waals surface area contributed by atoms with E-state index in [2.05, 4.69) is 27.7 Å². The Hall–Kier alpha value is -3.19. The highest BCUT2D eigenvalue weighted by molar-refractivity contribution is 6.30. The lowest BCUT2D eigenvalue weighted by Crippen LogP contribution is -2.51. The van der Waals surface area contributed by atoms with Gasteiger partial charge in [-0.2, -0.15) is 0 Å². The smallest absolute Gasteiger partial charge is 0.251 e. The third kappa shape index (κ3) is 6.21. The number of halogens is 1. The molecular formula is C30H32ClN3O3. The summed E-state index contributed by atoms with van der Waals surface area (Å²) in [5.74, 6) is -0.514. The van der Waals surface area contributed by atoms with Gasteiger partial charge in [0.15, 0.2) is 0 Å². The highest BCUT2D eigenvalue weighted by Crippen LogP contribution is 2.37. The van der Waals surface area contributed by atoms with Crippen LogP contribution in [0.25, 0.3) is 0 Å². The molecule has 2 aliphatic rings. The molecule has 3 atom stereocenters. The van der Waals surface area contributed by atoms with Crippen molar-refractivity contribution in [2.75, 3.05) is 6.54 Å². The molecule has 1 unspecified atom stereocenters. The van der Waals surface area contributed by atoms with Crippen LogP contribution < -0.4 is 10.6 Å². The number of nitrogens with zero attached hydrogens (tertiary/aromatic N) is 1. The summed E-state index contributed by atoms with van der Waals surface area (Å²) < 4.78 is 0. The van der Waals surface area contributed by atoms with E-state index in [0.29, 0.717) is 23.2 Å². The van der Waals surface area contributed by atoms with E-state index in [1.54, 1.807) is 24.3 Å². The first-order valence-electron chi connectivity index (χ1n) is 12.9. The summed E-state index contributed by atoms with van der Waals surface area (Å²) in [5.41, 5.74) is 3.05. The van der Waals surface area contributed by atoms with E-state index in [0.717, 1.165) is 42.8 Å². The second-order valence-corrected chi connectivity index (χ2v) is 10.5. The summed E-state index contributed by atoms with van der Waals surface area (Å²) in [6.45, 7) is 0.825. The average Bonchev–Trinajstić information content (AvgIpc) is 3.15. The van der Waals surface area contributed by atoms with Gasteiger partial charge in [0.05, 0.1) is 6.54 Å². The first-order chi connectivity index (χ1) is 18.0. The van der Waals surface area contributed by atoms with Gasteiger partial charge in [-0.15, -0.1) is 0 Å². The Kier molecular flexibility index (Phi) is 7.89. The second kappa shape index (κ2) is 11.5. The number of aliphatic hydroxyl groups is 1. The number of hydrogen-bond acceptors (Lipinski definition) is 4. The van der Waals surface area contributed by atoms with Crippen LogP contribution in [0, 0.1) is 0 Å². The zero-order chi connectivity index (χ0) is 25.8. The lowest BCUT2D eigenvalue weighted by molar-refractivity contribution is -0.121. The van der Waals surface area contributed by atoms with Gasteiger partial charge in [-0.05, 0) is 66.6 Å². The van der Waals surface area contributed by atoms with Gasteiger partial charge < -0.3 is 15.7 Å². The number of nitrogens with one attached hydrogen (secondary N) is 2. The van der Waals surface area contributed by atoms with Crippen LogP contribution in [-0.4, -0.2) is 46.5 Å². The van der Waals surface area contributed by atoms with Crippen LogP contribution in [0.15, 0.2) is 78.9 Å². The molecular weight excluding hydrogens is 486 g/mol. The van der Waals surface area contributed by atoms with E-state index in [9.17, 15) is 14.7 Å². The predicted octanol–water partition coefficient (Wildman–Crippen LogP) is 4.46. The number of benzene rings is 3. The number of carbonyl (C=O) groups excluding carboxylic acids is 2. The Morgan fingerprint density at radius 3 is 2.30 bits per heavy atom. The molecule has 0 radical (unpaired) electrons. The standard InChI is InChI=1S/C30H32ClN3O3/c31-24-11-9-20(10-12-24)19-34-26-13-14-27(34)17-25(16-26)33-28(35)18-32-30(37)23-8-4-7-22(15-23)29(36)21-5-2-1-3-6-21/h1-12,15,25-27,29,36H,13-14,16-19H2,(H,32,37)(H,33,35)/t26-,27-,29?/m1/s1. The van der Waals surface area contributed by atoms with E-state index in [-0.39, 0.29) is 24.4 Å². The molecule has 2 bridgehead atoms. The normalized spacial score (nSPS) is 21.8. The molecule has 2 aliphatic heterocycles. The van der Waals surface area contributed by atoms with E-state index < -0.39 is 6.10 Å². The number of hydrogen-bond donors (Lipinski definition) is 3. The first-order valence-corrected chi connectivity index (χ1v) is 13.2. The molecule has 0 spiro atoms. The van der Waals surface area contributed by atoms with Crippen molar-refractivity contribution >= 4 is 23.4 Å². The highest BCUT2D eigenvalue weighted by atomic mass is 35.5. The largest absolute Gasteiger partial charge is 0.384 e. The minimum atomic E-state index is -0.821. The molecule has 3 N–H and O–H groups in total. The van der Waals surface area contributed by atoms with Crippen molar-refractivity contribution in [1.29, 1.82) is 0 Å². The van der Waals surface area contributed by atoms with E-state index in [1.165, 1.54) is 5.56 Å².